The molecule has 0 radical (unpaired) electrons. The molecule has 8 heteroatoms. The summed E-state index contributed by atoms with van der Waals surface area (Å²) < 4.78 is 26.8. The van der Waals surface area contributed by atoms with Gasteiger partial charge < -0.3 is 5.73 Å². The number of hydrogen-bond acceptors (Lipinski definition) is 6. The summed E-state index contributed by atoms with van der Waals surface area (Å²) in [6.07, 6.45) is 0. The van der Waals surface area contributed by atoms with Crippen molar-refractivity contribution >= 4 is 32.2 Å². The molecule has 0 atom stereocenters. The fourth-order valence-electron chi connectivity index (χ4n) is 1.78. The van der Waals surface area contributed by atoms with Crippen molar-refractivity contribution in [1.82, 2.24) is 10.2 Å². The van der Waals surface area contributed by atoms with Gasteiger partial charge in [-0.2, -0.15) is 0 Å². The fourth-order valence-corrected chi connectivity index (χ4v) is 3.78. The predicted molar refractivity (Wildman–Crippen MR) is 87.0 cm³/mol. The minimum atomic E-state index is -3.65. The highest BCUT2D eigenvalue weighted by Gasteiger charge is 2.16. The zero-order chi connectivity index (χ0) is 15.6. The van der Waals surface area contributed by atoms with Crippen LogP contribution in [0.2, 0.25) is 0 Å². The van der Waals surface area contributed by atoms with E-state index in [1.54, 1.807) is 30.3 Å². The first kappa shape index (κ1) is 14.5. The van der Waals surface area contributed by atoms with E-state index in [4.69, 9.17) is 5.73 Å². The number of nitrogens with two attached hydrogens (primary N) is 1. The molecule has 1 aromatic heterocycles. The highest BCUT2D eigenvalue weighted by Crippen LogP contribution is 2.28. The molecular weight excluding hydrogens is 320 g/mol. The van der Waals surface area contributed by atoms with Gasteiger partial charge in [0.2, 0.25) is 5.13 Å². The quantitative estimate of drug-likeness (QED) is 0.716. The molecule has 0 unspecified atom stereocenters. The number of nitrogen functional groups attached to an aromatic ring is 1. The van der Waals surface area contributed by atoms with Crippen LogP contribution < -0.4 is 10.5 Å². The summed E-state index contributed by atoms with van der Waals surface area (Å²) in [5.41, 5.74) is 7.11. The molecule has 0 amide bonds. The van der Waals surface area contributed by atoms with Gasteiger partial charge in [-0.15, -0.1) is 10.2 Å². The molecule has 0 aliphatic rings. The van der Waals surface area contributed by atoms with Crippen molar-refractivity contribution in [3.63, 3.8) is 0 Å². The molecule has 22 heavy (non-hydrogen) atoms. The zero-order valence-electron chi connectivity index (χ0n) is 11.3. The number of nitrogens with zero attached hydrogens (tertiary/aromatic N) is 2. The molecule has 2 aromatic carbocycles. The van der Waals surface area contributed by atoms with Crippen LogP contribution in [0.3, 0.4) is 0 Å². The Morgan fingerprint density at radius 1 is 0.955 bits per heavy atom. The lowest BCUT2D eigenvalue weighted by atomic mass is 10.2. The molecule has 0 spiro atoms. The first-order chi connectivity index (χ1) is 10.5. The molecular formula is C14H12N4O2S2. The number of benzene rings is 2. The van der Waals surface area contributed by atoms with E-state index < -0.39 is 10.0 Å². The Hall–Kier alpha value is -2.45. The van der Waals surface area contributed by atoms with Gasteiger partial charge in [-0.1, -0.05) is 29.5 Å². The summed E-state index contributed by atoms with van der Waals surface area (Å²) in [7, 11) is -3.65. The topological polar surface area (TPSA) is 98.0 Å². The molecule has 0 fully saturated rings. The van der Waals surface area contributed by atoms with Gasteiger partial charge in [0.05, 0.1) is 4.90 Å². The van der Waals surface area contributed by atoms with E-state index in [9.17, 15) is 8.42 Å². The molecule has 3 N–H and O–H groups in total. The van der Waals surface area contributed by atoms with Crippen molar-refractivity contribution in [1.29, 1.82) is 0 Å². The highest BCUT2D eigenvalue weighted by molar-refractivity contribution is 7.93. The third-order valence-corrected chi connectivity index (χ3v) is 5.23. The maximum atomic E-state index is 12.2. The van der Waals surface area contributed by atoms with Gasteiger partial charge in [0.25, 0.3) is 10.0 Å². The van der Waals surface area contributed by atoms with Crippen LogP contribution >= 0.6 is 11.3 Å². The minimum Gasteiger partial charge on any atom is -0.399 e. The molecule has 112 valence electrons. The fraction of sp³-hybridized carbons (Fsp3) is 0. The Morgan fingerprint density at radius 2 is 1.64 bits per heavy atom. The number of sulfonamides is 1. The first-order valence-electron chi connectivity index (χ1n) is 6.32. The predicted octanol–water partition coefficient (Wildman–Crippen LogP) is 2.59. The summed E-state index contributed by atoms with van der Waals surface area (Å²) in [6, 6.07) is 15.2. The molecule has 3 rings (SSSR count). The maximum absolute atomic E-state index is 12.2. The molecule has 3 aromatic rings. The van der Waals surface area contributed by atoms with Gasteiger partial charge in [0.15, 0.2) is 0 Å². The number of aromatic nitrogens is 2. The number of rotatable bonds is 4. The summed E-state index contributed by atoms with van der Waals surface area (Å²) in [6.45, 7) is 0. The normalized spacial score (nSPS) is 11.3. The van der Waals surface area contributed by atoms with Crippen molar-refractivity contribution in [2.24, 2.45) is 0 Å². The van der Waals surface area contributed by atoms with E-state index in [1.165, 1.54) is 12.1 Å². The van der Waals surface area contributed by atoms with E-state index >= 15 is 0 Å². The standard InChI is InChI=1S/C14H12N4O2S2/c15-11-8-6-10(7-9-11)13-16-17-14(21-13)18-22(19,20)12-4-2-1-3-5-12/h1-9H,15H2,(H,17,18). The van der Waals surface area contributed by atoms with E-state index in [0.717, 1.165) is 16.9 Å². The number of anilines is 2. The minimum absolute atomic E-state index is 0.180. The summed E-state index contributed by atoms with van der Waals surface area (Å²) in [5, 5.41) is 8.70. The van der Waals surface area contributed by atoms with Crippen LogP contribution in [-0.2, 0) is 10.0 Å². The molecule has 0 saturated heterocycles. The molecule has 0 aliphatic carbocycles. The largest absolute Gasteiger partial charge is 0.399 e. The van der Waals surface area contributed by atoms with E-state index in [2.05, 4.69) is 14.9 Å². The van der Waals surface area contributed by atoms with Crippen LogP contribution in [-0.4, -0.2) is 18.6 Å². The zero-order valence-corrected chi connectivity index (χ0v) is 12.9. The molecule has 1 heterocycles. The Balaban J connectivity index is 1.84. The highest BCUT2D eigenvalue weighted by atomic mass is 32.2. The van der Waals surface area contributed by atoms with Crippen molar-refractivity contribution in [2.75, 3.05) is 10.5 Å². The lowest BCUT2D eigenvalue weighted by molar-refractivity contribution is 0.601. The van der Waals surface area contributed by atoms with Crippen molar-refractivity contribution in [3.8, 4) is 10.6 Å². The van der Waals surface area contributed by atoms with Crippen LogP contribution in [0.1, 0.15) is 0 Å². The van der Waals surface area contributed by atoms with Crippen LogP contribution in [0, 0.1) is 0 Å². The molecule has 0 aliphatic heterocycles. The average molecular weight is 332 g/mol. The molecule has 0 bridgehead atoms. The van der Waals surface area contributed by atoms with E-state index in [-0.39, 0.29) is 10.0 Å². The van der Waals surface area contributed by atoms with Gasteiger partial charge in [0, 0.05) is 11.3 Å². The second-order valence-corrected chi connectivity index (χ2v) is 7.11. The van der Waals surface area contributed by atoms with Crippen LogP contribution in [0.25, 0.3) is 10.6 Å². The molecule has 6 nitrogen and oxygen atoms in total. The SMILES string of the molecule is Nc1ccc(-c2nnc(NS(=O)(=O)c3ccccc3)s2)cc1. The van der Waals surface area contributed by atoms with Crippen molar-refractivity contribution in [2.45, 2.75) is 4.90 Å². The van der Waals surface area contributed by atoms with E-state index in [1.807, 2.05) is 12.1 Å². The van der Waals surface area contributed by atoms with Gasteiger partial charge in [-0.3, -0.25) is 4.72 Å². The smallest absolute Gasteiger partial charge is 0.263 e. The van der Waals surface area contributed by atoms with Gasteiger partial charge in [0.1, 0.15) is 5.01 Å². The Kier molecular flexibility index (Phi) is 3.78. The Labute approximate surface area is 131 Å². The molecule has 0 saturated carbocycles. The number of nitrogens with one attached hydrogen (secondary N) is 1. The average Bonchev–Trinajstić information content (AvgIpc) is 2.97. The van der Waals surface area contributed by atoms with Gasteiger partial charge in [-0.05, 0) is 36.4 Å². The van der Waals surface area contributed by atoms with E-state index in [0.29, 0.717) is 10.7 Å². The lowest BCUT2D eigenvalue weighted by Crippen LogP contribution is -2.12. The van der Waals surface area contributed by atoms with Crippen LogP contribution in [0.5, 0.6) is 0 Å². The second-order valence-electron chi connectivity index (χ2n) is 4.45. The van der Waals surface area contributed by atoms with Gasteiger partial charge in [-0.25, -0.2) is 8.42 Å². The second kappa shape index (κ2) is 5.74. The lowest BCUT2D eigenvalue weighted by Gasteiger charge is -2.03. The van der Waals surface area contributed by atoms with Crippen LogP contribution in [0.4, 0.5) is 10.8 Å². The van der Waals surface area contributed by atoms with Crippen LogP contribution in [0.15, 0.2) is 59.5 Å². The first-order valence-corrected chi connectivity index (χ1v) is 8.62. The Bertz CT molecular complexity index is 875. The Morgan fingerprint density at radius 3 is 2.32 bits per heavy atom. The summed E-state index contributed by atoms with van der Waals surface area (Å²) in [5.74, 6) is 0. The maximum Gasteiger partial charge on any atom is 0.263 e. The number of hydrogen-bond donors (Lipinski definition) is 2. The summed E-state index contributed by atoms with van der Waals surface area (Å²) in [4.78, 5) is 0.180. The van der Waals surface area contributed by atoms with Gasteiger partial charge >= 0.3 is 0 Å². The monoisotopic (exact) mass is 332 g/mol. The third-order valence-electron chi connectivity index (χ3n) is 2.86. The third kappa shape index (κ3) is 3.07. The summed E-state index contributed by atoms with van der Waals surface area (Å²) >= 11 is 1.16. The van der Waals surface area contributed by atoms with Crippen molar-refractivity contribution < 1.29 is 8.42 Å². The van der Waals surface area contributed by atoms with Crippen molar-refractivity contribution in [3.05, 3.63) is 54.6 Å².